The molecule has 2 atom stereocenters. The second-order valence-corrected chi connectivity index (χ2v) is 6.48. The van der Waals surface area contributed by atoms with E-state index in [1.165, 1.54) is 6.42 Å². The van der Waals surface area contributed by atoms with Crippen molar-refractivity contribution < 1.29 is 4.79 Å². The number of likely N-dealkylation sites (tertiary alicyclic amines) is 1. The molecule has 2 unspecified atom stereocenters. The molecule has 1 aromatic carbocycles. The third-order valence-electron chi connectivity index (χ3n) is 4.41. The summed E-state index contributed by atoms with van der Waals surface area (Å²) in [7, 11) is 1.99. The lowest BCUT2D eigenvalue weighted by molar-refractivity contribution is -0.135. The average molecular weight is 288 g/mol. The molecule has 116 valence electrons. The number of carbonyl (C=O) groups excluding carboxylic acids is 1. The summed E-state index contributed by atoms with van der Waals surface area (Å²) in [5.41, 5.74) is 1.15. The summed E-state index contributed by atoms with van der Waals surface area (Å²) in [6.07, 6.45) is 2.35. The largest absolute Gasteiger partial charge is 0.342 e. The summed E-state index contributed by atoms with van der Waals surface area (Å²) >= 11 is 0. The monoisotopic (exact) mass is 288 g/mol. The van der Waals surface area contributed by atoms with Gasteiger partial charge in [-0.1, -0.05) is 44.2 Å². The Bertz CT molecular complexity index is 442. The van der Waals surface area contributed by atoms with E-state index in [-0.39, 0.29) is 5.92 Å². The third-order valence-corrected chi connectivity index (χ3v) is 4.41. The van der Waals surface area contributed by atoms with Gasteiger partial charge in [-0.2, -0.15) is 0 Å². The number of hydrogen-bond donors (Lipinski definition) is 1. The fraction of sp³-hybridized carbons (Fsp3) is 0.611. The van der Waals surface area contributed by atoms with Gasteiger partial charge in [0.2, 0.25) is 5.91 Å². The van der Waals surface area contributed by atoms with E-state index in [1.54, 1.807) is 0 Å². The van der Waals surface area contributed by atoms with E-state index in [0.717, 1.165) is 31.6 Å². The molecule has 0 saturated carbocycles. The standard InChI is InChI=1S/C18H28N2O/c1-14(2)17(16-9-5-4-6-10-16)18(21)20-11-7-8-15(13-20)12-19-3/h4-6,9-10,14-15,17,19H,7-8,11-13H2,1-3H3. The molecule has 1 fully saturated rings. The highest BCUT2D eigenvalue weighted by molar-refractivity contribution is 5.84. The molecule has 1 amide bonds. The van der Waals surface area contributed by atoms with Gasteiger partial charge in [0, 0.05) is 13.1 Å². The maximum Gasteiger partial charge on any atom is 0.230 e. The third kappa shape index (κ3) is 4.07. The van der Waals surface area contributed by atoms with Gasteiger partial charge >= 0.3 is 0 Å². The Balaban J connectivity index is 2.11. The van der Waals surface area contributed by atoms with Gasteiger partial charge in [0.25, 0.3) is 0 Å². The van der Waals surface area contributed by atoms with Crippen molar-refractivity contribution in [1.29, 1.82) is 0 Å². The first-order valence-electron chi connectivity index (χ1n) is 8.11. The molecule has 21 heavy (non-hydrogen) atoms. The van der Waals surface area contributed by atoms with Crippen molar-refractivity contribution in [2.75, 3.05) is 26.7 Å². The number of nitrogens with zero attached hydrogens (tertiary/aromatic N) is 1. The first-order chi connectivity index (χ1) is 10.1. The molecule has 0 spiro atoms. The Labute approximate surface area is 128 Å². The Morgan fingerprint density at radius 3 is 2.67 bits per heavy atom. The van der Waals surface area contributed by atoms with Crippen LogP contribution in [0.3, 0.4) is 0 Å². The van der Waals surface area contributed by atoms with Gasteiger partial charge in [0.1, 0.15) is 0 Å². The molecule has 1 heterocycles. The lowest BCUT2D eigenvalue weighted by Crippen LogP contribution is -2.45. The van der Waals surface area contributed by atoms with Crippen molar-refractivity contribution in [3.05, 3.63) is 35.9 Å². The normalized spacial score (nSPS) is 20.6. The summed E-state index contributed by atoms with van der Waals surface area (Å²) in [5, 5.41) is 3.24. The summed E-state index contributed by atoms with van der Waals surface area (Å²) in [6, 6.07) is 10.2. The maximum absolute atomic E-state index is 13.0. The van der Waals surface area contributed by atoms with Crippen molar-refractivity contribution in [1.82, 2.24) is 10.2 Å². The minimum Gasteiger partial charge on any atom is -0.342 e. The molecule has 0 aliphatic carbocycles. The van der Waals surface area contributed by atoms with Crippen molar-refractivity contribution in [2.24, 2.45) is 11.8 Å². The quantitative estimate of drug-likeness (QED) is 0.903. The minimum absolute atomic E-state index is 0.0143. The van der Waals surface area contributed by atoms with Crippen LogP contribution in [0, 0.1) is 11.8 Å². The van der Waals surface area contributed by atoms with Crippen LogP contribution in [0.15, 0.2) is 30.3 Å². The van der Waals surface area contributed by atoms with Gasteiger partial charge in [0.15, 0.2) is 0 Å². The Morgan fingerprint density at radius 1 is 1.33 bits per heavy atom. The second-order valence-electron chi connectivity index (χ2n) is 6.48. The summed E-state index contributed by atoms with van der Waals surface area (Å²) < 4.78 is 0. The molecule has 0 bridgehead atoms. The average Bonchev–Trinajstić information content (AvgIpc) is 2.49. The molecule has 1 aliphatic heterocycles. The van der Waals surface area contributed by atoms with Gasteiger partial charge in [-0.05, 0) is 43.8 Å². The predicted octanol–water partition coefficient (Wildman–Crippen LogP) is 2.88. The second kappa shape index (κ2) is 7.60. The smallest absolute Gasteiger partial charge is 0.230 e. The zero-order valence-electron chi connectivity index (χ0n) is 13.5. The van der Waals surface area contributed by atoms with Crippen molar-refractivity contribution in [2.45, 2.75) is 32.6 Å². The van der Waals surface area contributed by atoms with Crippen LogP contribution in [0.5, 0.6) is 0 Å². The molecular formula is C18H28N2O. The first-order valence-corrected chi connectivity index (χ1v) is 8.11. The number of carbonyl (C=O) groups is 1. The Kier molecular flexibility index (Phi) is 5.80. The Hall–Kier alpha value is -1.35. The molecular weight excluding hydrogens is 260 g/mol. The van der Waals surface area contributed by atoms with Gasteiger partial charge in [-0.25, -0.2) is 0 Å². The number of benzene rings is 1. The van der Waals surface area contributed by atoms with Gasteiger partial charge in [-0.3, -0.25) is 4.79 Å². The van der Waals surface area contributed by atoms with E-state index in [1.807, 2.05) is 25.2 Å². The molecule has 1 N–H and O–H groups in total. The highest BCUT2D eigenvalue weighted by Crippen LogP contribution is 2.28. The number of rotatable bonds is 5. The van der Waals surface area contributed by atoms with Crippen LogP contribution < -0.4 is 5.32 Å². The van der Waals surface area contributed by atoms with Gasteiger partial charge < -0.3 is 10.2 Å². The van der Waals surface area contributed by atoms with E-state index >= 15 is 0 Å². The fourth-order valence-electron chi connectivity index (χ4n) is 3.39. The predicted molar refractivity (Wildman–Crippen MR) is 87.3 cm³/mol. The molecule has 1 saturated heterocycles. The van der Waals surface area contributed by atoms with E-state index in [9.17, 15) is 4.79 Å². The number of nitrogens with one attached hydrogen (secondary N) is 1. The highest BCUT2D eigenvalue weighted by Gasteiger charge is 2.31. The summed E-state index contributed by atoms with van der Waals surface area (Å²) in [5.74, 6) is 1.21. The minimum atomic E-state index is -0.0143. The fourth-order valence-corrected chi connectivity index (χ4v) is 3.39. The maximum atomic E-state index is 13.0. The molecule has 2 rings (SSSR count). The van der Waals surface area contributed by atoms with Crippen LogP contribution in [0.4, 0.5) is 0 Å². The number of amides is 1. The van der Waals surface area contributed by atoms with Crippen molar-refractivity contribution >= 4 is 5.91 Å². The van der Waals surface area contributed by atoms with Crippen LogP contribution in [0.25, 0.3) is 0 Å². The van der Waals surface area contributed by atoms with Crippen LogP contribution in [0.1, 0.15) is 38.2 Å². The van der Waals surface area contributed by atoms with Crippen LogP contribution in [0.2, 0.25) is 0 Å². The van der Waals surface area contributed by atoms with Crippen molar-refractivity contribution in [3.63, 3.8) is 0 Å². The van der Waals surface area contributed by atoms with E-state index in [2.05, 4.69) is 36.2 Å². The molecule has 0 radical (unpaired) electrons. The zero-order valence-corrected chi connectivity index (χ0v) is 13.5. The lowest BCUT2D eigenvalue weighted by Gasteiger charge is -2.36. The topological polar surface area (TPSA) is 32.3 Å². The van der Waals surface area contributed by atoms with Crippen LogP contribution >= 0.6 is 0 Å². The van der Waals surface area contributed by atoms with Crippen molar-refractivity contribution in [3.8, 4) is 0 Å². The van der Waals surface area contributed by atoms with Gasteiger partial charge in [0.05, 0.1) is 5.92 Å². The summed E-state index contributed by atoms with van der Waals surface area (Å²) in [6.45, 7) is 7.10. The van der Waals surface area contributed by atoms with E-state index in [4.69, 9.17) is 0 Å². The molecule has 3 nitrogen and oxygen atoms in total. The zero-order chi connectivity index (χ0) is 15.2. The highest BCUT2D eigenvalue weighted by atomic mass is 16.2. The number of hydrogen-bond acceptors (Lipinski definition) is 2. The number of piperidine rings is 1. The van der Waals surface area contributed by atoms with Crippen LogP contribution in [-0.2, 0) is 4.79 Å². The molecule has 0 aromatic heterocycles. The SMILES string of the molecule is CNCC1CCCN(C(=O)C(c2ccccc2)C(C)C)C1. The van der Waals surface area contributed by atoms with E-state index < -0.39 is 0 Å². The molecule has 1 aromatic rings. The van der Waals surface area contributed by atoms with Crippen LogP contribution in [-0.4, -0.2) is 37.5 Å². The first kappa shape index (κ1) is 16.0. The molecule has 1 aliphatic rings. The summed E-state index contributed by atoms with van der Waals surface area (Å²) in [4.78, 5) is 15.1. The van der Waals surface area contributed by atoms with Gasteiger partial charge in [-0.15, -0.1) is 0 Å². The van der Waals surface area contributed by atoms with E-state index in [0.29, 0.717) is 17.7 Å². The lowest BCUT2D eigenvalue weighted by atomic mass is 9.86. The Morgan fingerprint density at radius 2 is 2.05 bits per heavy atom. The molecule has 3 heteroatoms.